The molecule has 0 saturated carbocycles. The smallest absolute Gasteiger partial charge is 0.246 e. The first-order valence-electron chi connectivity index (χ1n) is 7.92. The molecule has 0 radical (unpaired) electrons. The normalized spacial score (nSPS) is 27.8. The summed E-state index contributed by atoms with van der Waals surface area (Å²) in [5.74, 6) is 1.66. The van der Waals surface area contributed by atoms with Gasteiger partial charge in [-0.15, -0.1) is 11.8 Å². The average molecular weight is 313 g/mol. The summed E-state index contributed by atoms with van der Waals surface area (Å²) >= 11 is 1.69. The Morgan fingerprint density at radius 1 is 1.43 bits per heavy atom. The average Bonchev–Trinajstić information content (AvgIpc) is 3.02. The fourth-order valence-corrected chi connectivity index (χ4v) is 4.10. The van der Waals surface area contributed by atoms with E-state index in [0.717, 1.165) is 38.1 Å². The lowest BCUT2D eigenvalue weighted by Gasteiger charge is -2.36. The molecule has 21 heavy (non-hydrogen) atoms. The molecule has 0 aromatic heterocycles. The second kappa shape index (κ2) is 7.49. The number of likely N-dealkylation sites (N-methyl/N-ethyl adjacent to an activating group) is 1. The van der Waals surface area contributed by atoms with Crippen molar-refractivity contribution in [2.24, 2.45) is 5.92 Å². The first-order valence-corrected chi connectivity index (χ1v) is 9.08. The summed E-state index contributed by atoms with van der Waals surface area (Å²) in [4.78, 5) is 28.9. The van der Waals surface area contributed by atoms with Crippen LogP contribution in [0, 0.1) is 5.92 Å². The number of piperidine rings is 1. The number of likely N-dealkylation sites (tertiary alicyclic amines) is 1. The van der Waals surface area contributed by atoms with Crippen molar-refractivity contribution < 1.29 is 9.59 Å². The van der Waals surface area contributed by atoms with Crippen LogP contribution in [0.1, 0.15) is 33.1 Å². The van der Waals surface area contributed by atoms with Crippen molar-refractivity contribution in [2.45, 2.75) is 45.2 Å². The number of hydrogen-bond donors (Lipinski definition) is 1. The monoisotopic (exact) mass is 313 g/mol. The topological polar surface area (TPSA) is 52.7 Å². The molecular weight excluding hydrogens is 286 g/mol. The van der Waals surface area contributed by atoms with Gasteiger partial charge in [-0.1, -0.05) is 13.8 Å². The molecule has 2 rings (SSSR count). The van der Waals surface area contributed by atoms with E-state index in [1.165, 1.54) is 0 Å². The van der Waals surface area contributed by atoms with Gasteiger partial charge in [-0.3, -0.25) is 9.59 Å². The third-order valence-corrected chi connectivity index (χ3v) is 5.64. The number of nitrogens with zero attached hydrogens (tertiary/aromatic N) is 2. The molecule has 6 heteroatoms. The van der Waals surface area contributed by atoms with E-state index in [1.54, 1.807) is 16.7 Å². The fourth-order valence-electron chi connectivity index (χ4n) is 2.95. The molecule has 2 amide bonds. The summed E-state index contributed by atoms with van der Waals surface area (Å²) in [7, 11) is 1.95. The number of carbonyl (C=O) groups excluding carboxylic acids is 2. The van der Waals surface area contributed by atoms with E-state index in [-0.39, 0.29) is 23.8 Å². The molecular formula is C15H27N3O2S. The van der Waals surface area contributed by atoms with E-state index < -0.39 is 0 Å². The van der Waals surface area contributed by atoms with Crippen molar-refractivity contribution in [1.82, 2.24) is 15.1 Å². The zero-order chi connectivity index (χ0) is 15.4. The number of rotatable bonds is 4. The summed E-state index contributed by atoms with van der Waals surface area (Å²) in [6.45, 7) is 5.56. The highest BCUT2D eigenvalue weighted by Gasteiger charge is 2.39. The Labute approximate surface area is 131 Å². The van der Waals surface area contributed by atoms with E-state index in [9.17, 15) is 9.59 Å². The van der Waals surface area contributed by atoms with E-state index in [2.05, 4.69) is 5.32 Å². The zero-order valence-electron chi connectivity index (χ0n) is 13.3. The van der Waals surface area contributed by atoms with Gasteiger partial charge in [0.25, 0.3) is 0 Å². The van der Waals surface area contributed by atoms with Gasteiger partial charge in [0, 0.05) is 30.8 Å². The van der Waals surface area contributed by atoms with Gasteiger partial charge < -0.3 is 15.1 Å². The van der Waals surface area contributed by atoms with Crippen molar-refractivity contribution in [3.8, 4) is 0 Å². The second-order valence-electron chi connectivity index (χ2n) is 6.05. The Balaban J connectivity index is 2.02. The Morgan fingerprint density at radius 2 is 2.19 bits per heavy atom. The number of nitrogens with one attached hydrogen (secondary N) is 1. The molecule has 2 heterocycles. The molecule has 2 aliphatic rings. The Hall–Kier alpha value is -0.750. The largest absolute Gasteiger partial charge is 0.339 e. The van der Waals surface area contributed by atoms with Crippen LogP contribution >= 0.6 is 11.8 Å². The van der Waals surface area contributed by atoms with Gasteiger partial charge in [0.1, 0.15) is 6.04 Å². The molecule has 5 nitrogen and oxygen atoms in total. The molecule has 2 saturated heterocycles. The molecule has 1 N–H and O–H groups in total. The summed E-state index contributed by atoms with van der Waals surface area (Å²) in [5.41, 5.74) is 0. The summed E-state index contributed by atoms with van der Waals surface area (Å²) < 4.78 is 0. The van der Waals surface area contributed by atoms with Gasteiger partial charge in [0.05, 0.1) is 5.88 Å². The number of amides is 2. The zero-order valence-corrected chi connectivity index (χ0v) is 14.1. The lowest BCUT2D eigenvalue weighted by atomic mass is 10.0. The molecule has 0 aliphatic carbocycles. The van der Waals surface area contributed by atoms with Crippen LogP contribution in [0.3, 0.4) is 0 Å². The van der Waals surface area contributed by atoms with Gasteiger partial charge in [-0.25, -0.2) is 0 Å². The molecule has 120 valence electrons. The van der Waals surface area contributed by atoms with Gasteiger partial charge >= 0.3 is 0 Å². The maximum absolute atomic E-state index is 12.8. The van der Waals surface area contributed by atoms with Crippen LogP contribution in [0.15, 0.2) is 0 Å². The molecule has 2 fully saturated rings. The quantitative estimate of drug-likeness (QED) is 0.846. The van der Waals surface area contributed by atoms with Crippen LogP contribution in [-0.4, -0.2) is 65.5 Å². The predicted molar refractivity (Wildman–Crippen MR) is 86.1 cm³/mol. The SMILES string of the molecule is CCC(C)C(=O)N1CSCC1C(=O)N1CCCC(NC)C1. The second-order valence-corrected chi connectivity index (χ2v) is 7.04. The van der Waals surface area contributed by atoms with Crippen molar-refractivity contribution >= 4 is 23.6 Å². The van der Waals surface area contributed by atoms with Crippen LogP contribution in [0.4, 0.5) is 0 Å². The number of thioether (sulfide) groups is 1. The minimum Gasteiger partial charge on any atom is -0.339 e. The van der Waals surface area contributed by atoms with Crippen LogP contribution in [0.2, 0.25) is 0 Å². The molecule has 0 spiro atoms. The summed E-state index contributed by atoms with van der Waals surface area (Å²) in [5, 5.41) is 3.26. The van der Waals surface area contributed by atoms with Crippen molar-refractivity contribution in [3.05, 3.63) is 0 Å². The highest BCUT2D eigenvalue weighted by Crippen LogP contribution is 2.26. The standard InChI is InChI=1S/C15H27N3O2S/c1-4-11(2)14(19)18-10-21-9-13(18)15(20)17-7-5-6-12(8-17)16-3/h11-13,16H,4-10H2,1-3H3. The van der Waals surface area contributed by atoms with Crippen LogP contribution in [-0.2, 0) is 9.59 Å². The highest BCUT2D eigenvalue weighted by molar-refractivity contribution is 7.99. The minimum atomic E-state index is -0.257. The van der Waals surface area contributed by atoms with Gasteiger partial charge in [0.15, 0.2) is 0 Å². The summed E-state index contributed by atoms with van der Waals surface area (Å²) in [6, 6.07) is 0.127. The van der Waals surface area contributed by atoms with E-state index >= 15 is 0 Å². The predicted octanol–water partition coefficient (Wildman–Crippen LogP) is 1.14. The fraction of sp³-hybridized carbons (Fsp3) is 0.867. The van der Waals surface area contributed by atoms with Crippen molar-refractivity contribution in [1.29, 1.82) is 0 Å². The van der Waals surface area contributed by atoms with Gasteiger partial charge in [-0.2, -0.15) is 0 Å². The Morgan fingerprint density at radius 3 is 2.86 bits per heavy atom. The van der Waals surface area contributed by atoms with Crippen LogP contribution in [0.25, 0.3) is 0 Å². The summed E-state index contributed by atoms with van der Waals surface area (Å²) in [6.07, 6.45) is 2.98. The molecule has 0 aromatic carbocycles. The number of hydrogen-bond acceptors (Lipinski definition) is 4. The first-order chi connectivity index (χ1) is 10.1. The number of carbonyl (C=O) groups is 2. The van der Waals surface area contributed by atoms with Crippen LogP contribution in [0.5, 0.6) is 0 Å². The lowest BCUT2D eigenvalue weighted by Crippen LogP contribution is -2.54. The Bertz CT molecular complexity index is 391. The lowest BCUT2D eigenvalue weighted by molar-refractivity contribution is -0.146. The molecule has 0 bridgehead atoms. The van der Waals surface area contributed by atoms with E-state index in [0.29, 0.717) is 11.9 Å². The molecule has 3 unspecified atom stereocenters. The van der Waals surface area contributed by atoms with Gasteiger partial charge in [-0.05, 0) is 26.3 Å². The van der Waals surface area contributed by atoms with E-state index in [4.69, 9.17) is 0 Å². The molecule has 0 aromatic rings. The first kappa shape index (κ1) is 16.6. The van der Waals surface area contributed by atoms with Gasteiger partial charge in [0.2, 0.25) is 11.8 Å². The highest BCUT2D eigenvalue weighted by atomic mass is 32.2. The van der Waals surface area contributed by atoms with Crippen LogP contribution < -0.4 is 5.32 Å². The third kappa shape index (κ3) is 3.72. The minimum absolute atomic E-state index is 0.00501. The maximum atomic E-state index is 12.8. The maximum Gasteiger partial charge on any atom is 0.246 e. The molecule has 2 aliphatic heterocycles. The van der Waals surface area contributed by atoms with E-state index in [1.807, 2.05) is 25.8 Å². The molecule has 3 atom stereocenters. The van der Waals surface area contributed by atoms with Crippen molar-refractivity contribution in [3.63, 3.8) is 0 Å². The third-order valence-electron chi connectivity index (χ3n) is 4.63. The Kier molecular flexibility index (Phi) is 5.93. The van der Waals surface area contributed by atoms with Crippen molar-refractivity contribution in [2.75, 3.05) is 31.8 Å².